The quantitative estimate of drug-likeness (QED) is 0.845. The van der Waals surface area contributed by atoms with E-state index < -0.39 is 0 Å². The van der Waals surface area contributed by atoms with Gasteiger partial charge in [-0.3, -0.25) is 0 Å². The predicted octanol–water partition coefficient (Wildman–Crippen LogP) is 3.68. The molecule has 0 spiro atoms. The maximum absolute atomic E-state index is 6.35. The molecule has 3 heteroatoms. The minimum absolute atomic E-state index is 0.657. The fraction of sp³-hybridized carbons (Fsp3) is 0.600. The average Bonchev–Trinajstić information content (AvgIpc) is 3.10. The van der Waals surface area contributed by atoms with E-state index in [1.165, 1.54) is 24.1 Å². The zero-order valence-corrected chi connectivity index (χ0v) is 12.3. The highest BCUT2D eigenvalue weighted by Gasteiger charge is 2.20. The molecule has 0 unspecified atom stereocenters. The third kappa shape index (κ3) is 3.89. The van der Waals surface area contributed by atoms with Crippen LogP contribution in [0.4, 0.5) is 5.69 Å². The summed E-state index contributed by atoms with van der Waals surface area (Å²) in [6.07, 6.45) is 2.62. The van der Waals surface area contributed by atoms with Crippen molar-refractivity contribution in [1.29, 1.82) is 0 Å². The number of hydrogen-bond acceptors (Lipinski definition) is 2. The molecule has 1 aliphatic rings. The Labute approximate surface area is 115 Å². The third-order valence-corrected chi connectivity index (χ3v) is 3.63. The summed E-state index contributed by atoms with van der Waals surface area (Å²) < 4.78 is 0. The number of nitrogens with zero attached hydrogens (tertiary/aromatic N) is 1. The summed E-state index contributed by atoms with van der Waals surface area (Å²) >= 11 is 6.35. The van der Waals surface area contributed by atoms with E-state index in [-0.39, 0.29) is 0 Å². The highest BCUT2D eigenvalue weighted by Crippen LogP contribution is 2.25. The van der Waals surface area contributed by atoms with E-state index in [1.807, 2.05) is 0 Å². The summed E-state index contributed by atoms with van der Waals surface area (Å²) in [5, 5.41) is 4.37. The summed E-state index contributed by atoms with van der Waals surface area (Å²) in [6, 6.07) is 7.11. The summed E-state index contributed by atoms with van der Waals surface area (Å²) in [4.78, 5) is 2.26. The highest BCUT2D eigenvalue weighted by atomic mass is 35.5. The van der Waals surface area contributed by atoms with Crippen LogP contribution in [-0.4, -0.2) is 19.6 Å². The molecule has 0 bridgehead atoms. The third-order valence-electron chi connectivity index (χ3n) is 3.27. The van der Waals surface area contributed by atoms with Gasteiger partial charge in [-0.25, -0.2) is 0 Å². The molecule has 100 valence electrons. The Morgan fingerprint density at radius 3 is 2.67 bits per heavy atom. The molecule has 1 N–H and O–H groups in total. The maximum Gasteiger partial charge on any atom is 0.0471 e. The molecule has 0 saturated heterocycles. The van der Waals surface area contributed by atoms with E-state index in [0.29, 0.717) is 5.92 Å². The predicted molar refractivity (Wildman–Crippen MR) is 79.4 cm³/mol. The largest absolute Gasteiger partial charge is 0.374 e. The van der Waals surface area contributed by atoms with Crippen LogP contribution in [-0.2, 0) is 6.54 Å². The van der Waals surface area contributed by atoms with Crippen LogP contribution in [0.3, 0.4) is 0 Å². The average molecular weight is 267 g/mol. The van der Waals surface area contributed by atoms with Crippen molar-refractivity contribution in [3.63, 3.8) is 0 Å². The number of anilines is 1. The van der Waals surface area contributed by atoms with E-state index in [9.17, 15) is 0 Å². The normalized spacial score (nSPS) is 15.2. The maximum atomic E-state index is 6.35. The minimum atomic E-state index is 0.657. The number of benzene rings is 1. The van der Waals surface area contributed by atoms with Crippen LogP contribution in [0.2, 0.25) is 5.02 Å². The Kier molecular flexibility index (Phi) is 4.52. The fourth-order valence-electron chi connectivity index (χ4n) is 2.11. The van der Waals surface area contributed by atoms with Crippen molar-refractivity contribution in [2.24, 2.45) is 5.92 Å². The molecule has 2 nitrogen and oxygen atoms in total. The molecule has 0 aliphatic heterocycles. The summed E-state index contributed by atoms with van der Waals surface area (Å²) in [7, 11) is 2.12. The zero-order valence-electron chi connectivity index (χ0n) is 11.5. The molecule has 2 rings (SSSR count). The van der Waals surface area contributed by atoms with Gasteiger partial charge in [0.05, 0.1) is 0 Å². The van der Waals surface area contributed by atoms with Crippen LogP contribution in [0, 0.1) is 5.92 Å². The van der Waals surface area contributed by atoms with Crippen LogP contribution in [0.25, 0.3) is 0 Å². The van der Waals surface area contributed by atoms with Crippen molar-refractivity contribution < 1.29 is 0 Å². The number of halogens is 1. The lowest BCUT2D eigenvalue weighted by Gasteiger charge is -2.22. The zero-order chi connectivity index (χ0) is 13.1. The van der Waals surface area contributed by atoms with Gasteiger partial charge in [-0.05, 0) is 36.5 Å². The first kappa shape index (κ1) is 13.7. The minimum Gasteiger partial charge on any atom is -0.374 e. The van der Waals surface area contributed by atoms with Gasteiger partial charge in [-0.2, -0.15) is 0 Å². The molecule has 1 saturated carbocycles. The van der Waals surface area contributed by atoms with E-state index in [0.717, 1.165) is 24.2 Å². The summed E-state index contributed by atoms with van der Waals surface area (Å²) in [5.41, 5.74) is 2.40. The first-order valence-electron chi connectivity index (χ1n) is 6.79. The van der Waals surface area contributed by atoms with E-state index >= 15 is 0 Å². The molecule has 1 aromatic rings. The van der Waals surface area contributed by atoms with Gasteiger partial charge in [-0.15, -0.1) is 0 Å². The van der Waals surface area contributed by atoms with Crippen LogP contribution in [0.5, 0.6) is 0 Å². The van der Waals surface area contributed by atoms with E-state index in [1.54, 1.807) is 0 Å². The molecule has 0 aromatic heterocycles. The standard InChI is InChI=1S/C15H23ClN2/c1-11(2)10-18(3)14-7-4-12(15(16)8-14)9-17-13-5-6-13/h4,7-8,11,13,17H,5-6,9-10H2,1-3H3. The van der Waals surface area contributed by atoms with Gasteiger partial charge < -0.3 is 10.2 Å². The topological polar surface area (TPSA) is 15.3 Å². The molecule has 0 atom stereocenters. The number of hydrogen-bond donors (Lipinski definition) is 1. The first-order chi connectivity index (χ1) is 8.56. The Balaban J connectivity index is 1.98. The molecule has 18 heavy (non-hydrogen) atoms. The smallest absolute Gasteiger partial charge is 0.0471 e. The second-order valence-electron chi connectivity index (χ2n) is 5.71. The van der Waals surface area contributed by atoms with Crippen molar-refractivity contribution in [3.8, 4) is 0 Å². The SMILES string of the molecule is CC(C)CN(C)c1ccc(CNC2CC2)c(Cl)c1. The summed E-state index contributed by atoms with van der Waals surface area (Å²) in [6.45, 7) is 6.39. The van der Waals surface area contributed by atoms with Gasteiger partial charge in [0.25, 0.3) is 0 Å². The Morgan fingerprint density at radius 1 is 1.39 bits per heavy atom. The van der Waals surface area contributed by atoms with Crippen molar-refractivity contribution in [1.82, 2.24) is 5.32 Å². The Bertz CT molecular complexity index is 399. The van der Waals surface area contributed by atoms with Crippen molar-refractivity contribution in [2.45, 2.75) is 39.3 Å². The monoisotopic (exact) mass is 266 g/mol. The molecular weight excluding hydrogens is 244 g/mol. The number of nitrogens with one attached hydrogen (secondary N) is 1. The van der Waals surface area contributed by atoms with Crippen LogP contribution >= 0.6 is 11.6 Å². The molecule has 1 fully saturated rings. The Hall–Kier alpha value is -0.730. The molecular formula is C15H23ClN2. The summed E-state index contributed by atoms with van der Waals surface area (Å²) in [5.74, 6) is 0.657. The van der Waals surface area contributed by atoms with Gasteiger partial charge in [0.2, 0.25) is 0 Å². The first-order valence-corrected chi connectivity index (χ1v) is 7.17. The van der Waals surface area contributed by atoms with E-state index in [2.05, 4.69) is 49.3 Å². The highest BCUT2D eigenvalue weighted by molar-refractivity contribution is 6.31. The number of rotatable bonds is 6. The molecule has 1 aliphatic carbocycles. The van der Waals surface area contributed by atoms with Crippen LogP contribution in [0.1, 0.15) is 32.3 Å². The van der Waals surface area contributed by atoms with E-state index in [4.69, 9.17) is 11.6 Å². The fourth-order valence-corrected chi connectivity index (χ4v) is 2.35. The molecule has 1 aromatic carbocycles. The lowest BCUT2D eigenvalue weighted by molar-refractivity contribution is 0.638. The van der Waals surface area contributed by atoms with Crippen molar-refractivity contribution in [3.05, 3.63) is 28.8 Å². The molecule has 0 amide bonds. The second-order valence-corrected chi connectivity index (χ2v) is 6.11. The lowest BCUT2D eigenvalue weighted by Crippen LogP contribution is -2.22. The molecule has 0 heterocycles. The van der Waals surface area contributed by atoms with Gasteiger partial charge in [-0.1, -0.05) is 31.5 Å². The second kappa shape index (κ2) is 5.94. The molecule has 0 radical (unpaired) electrons. The van der Waals surface area contributed by atoms with Gasteiger partial charge in [0, 0.05) is 36.9 Å². The van der Waals surface area contributed by atoms with Gasteiger partial charge >= 0.3 is 0 Å². The van der Waals surface area contributed by atoms with Crippen LogP contribution in [0.15, 0.2) is 18.2 Å². The Morgan fingerprint density at radius 2 is 2.11 bits per heavy atom. The van der Waals surface area contributed by atoms with Crippen molar-refractivity contribution >= 4 is 17.3 Å². The lowest BCUT2D eigenvalue weighted by atomic mass is 10.1. The van der Waals surface area contributed by atoms with Crippen LogP contribution < -0.4 is 10.2 Å². The van der Waals surface area contributed by atoms with Gasteiger partial charge in [0.1, 0.15) is 0 Å². The van der Waals surface area contributed by atoms with Crippen molar-refractivity contribution in [2.75, 3.05) is 18.5 Å². The van der Waals surface area contributed by atoms with Gasteiger partial charge in [0.15, 0.2) is 0 Å².